The predicted molar refractivity (Wildman–Crippen MR) is 120 cm³/mol. The first-order chi connectivity index (χ1) is 15.3. The van der Waals surface area contributed by atoms with E-state index in [-0.39, 0.29) is 28.7 Å². The minimum atomic E-state index is -3.63. The molecular weight excluding hydrogens is 428 g/mol. The number of hydrogen-bond donors (Lipinski definition) is 2. The fraction of sp³-hybridized carbons (Fsp3) is 0.348. The predicted octanol–water partition coefficient (Wildman–Crippen LogP) is 2.55. The van der Waals surface area contributed by atoms with Crippen LogP contribution in [0.25, 0.3) is 0 Å². The van der Waals surface area contributed by atoms with Crippen LogP contribution in [0.2, 0.25) is 0 Å². The molecule has 1 aliphatic heterocycles. The van der Waals surface area contributed by atoms with Crippen molar-refractivity contribution in [2.24, 2.45) is 0 Å². The molecule has 0 aliphatic carbocycles. The van der Waals surface area contributed by atoms with Gasteiger partial charge in [-0.3, -0.25) is 9.59 Å². The summed E-state index contributed by atoms with van der Waals surface area (Å²) in [6, 6.07) is 14.9. The number of nitrogens with zero attached hydrogens (tertiary/aromatic N) is 2. The summed E-state index contributed by atoms with van der Waals surface area (Å²) in [5.41, 5.74) is 1.50. The zero-order chi connectivity index (χ0) is 23.1. The highest BCUT2D eigenvalue weighted by molar-refractivity contribution is 7.89. The van der Waals surface area contributed by atoms with E-state index in [1.807, 2.05) is 13.0 Å². The number of carbonyl (C=O) groups excluding carboxylic acids is 2. The molecule has 2 N–H and O–H groups in total. The third-order valence-electron chi connectivity index (χ3n) is 5.47. The highest BCUT2D eigenvalue weighted by Gasteiger charge is 2.33. The van der Waals surface area contributed by atoms with Crippen molar-refractivity contribution in [3.05, 3.63) is 59.7 Å². The standard InChI is InChI=1S/C23H26N4O4S/c1-17-9-11-20(12-10-17)32(30,31)27-15-5-4-7-19(27)13-14-25-22(28)23(29)26-21-8-3-2-6-18(21)16-24/h2-3,6,8-12,19H,4-5,7,13-15H2,1H3,(H,25,28)(H,26,29)/t19-/m1/s1. The molecule has 168 valence electrons. The van der Waals surface area contributed by atoms with Crippen molar-refractivity contribution in [2.45, 2.75) is 43.5 Å². The number of benzene rings is 2. The van der Waals surface area contributed by atoms with Crippen molar-refractivity contribution in [3.8, 4) is 6.07 Å². The SMILES string of the molecule is Cc1ccc(S(=O)(=O)N2CCCC[C@@H]2CCNC(=O)C(=O)Nc2ccccc2C#N)cc1. The van der Waals surface area contributed by atoms with Crippen molar-refractivity contribution in [2.75, 3.05) is 18.4 Å². The number of piperidine rings is 1. The topological polar surface area (TPSA) is 119 Å². The van der Waals surface area contributed by atoms with Gasteiger partial charge in [-0.05, 0) is 50.5 Å². The number of aryl methyl sites for hydroxylation is 1. The molecule has 0 aromatic heterocycles. The lowest BCUT2D eigenvalue weighted by molar-refractivity contribution is -0.136. The Morgan fingerprint density at radius 3 is 2.53 bits per heavy atom. The van der Waals surface area contributed by atoms with Gasteiger partial charge in [0.2, 0.25) is 10.0 Å². The van der Waals surface area contributed by atoms with Gasteiger partial charge in [0, 0.05) is 19.1 Å². The average molecular weight is 455 g/mol. The molecule has 0 saturated carbocycles. The van der Waals surface area contributed by atoms with E-state index in [1.54, 1.807) is 48.5 Å². The van der Waals surface area contributed by atoms with Crippen LogP contribution < -0.4 is 10.6 Å². The van der Waals surface area contributed by atoms with Gasteiger partial charge in [-0.1, -0.05) is 36.2 Å². The maximum absolute atomic E-state index is 13.1. The zero-order valence-corrected chi connectivity index (χ0v) is 18.7. The van der Waals surface area contributed by atoms with Crippen molar-refractivity contribution in [1.29, 1.82) is 5.26 Å². The second kappa shape index (κ2) is 10.4. The Hall–Kier alpha value is -3.22. The number of anilines is 1. The van der Waals surface area contributed by atoms with Gasteiger partial charge >= 0.3 is 11.8 Å². The first-order valence-electron chi connectivity index (χ1n) is 10.5. The van der Waals surface area contributed by atoms with E-state index in [9.17, 15) is 18.0 Å². The van der Waals surface area contributed by atoms with Crippen molar-refractivity contribution in [3.63, 3.8) is 0 Å². The molecule has 1 atom stereocenters. The number of hydrogen-bond acceptors (Lipinski definition) is 5. The van der Waals surface area contributed by atoms with E-state index in [4.69, 9.17) is 5.26 Å². The first-order valence-corrected chi connectivity index (χ1v) is 11.9. The number of sulfonamides is 1. The van der Waals surface area contributed by atoms with Crippen LogP contribution in [0.5, 0.6) is 0 Å². The number of nitrogens with one attached hydrogen (secondary N) is 2. The first kappa shape index (κ1) is 23.4. The Morgan fingerprint density at radius 2 is 1.81 bits per heavy atom. The molecule has 1 saturated heterocycles. The lowest BCUT2D eigenvalue weighted by atomic mass is 10.0. The van der Waals surface area contributed by atoms with Crippen LogP contribution in [0.1, 0.15) is 36.8 Å². The van der Waals surface area contributed by atoms with Gasteiger partial charge < -0.3 is 10.6 Å². The molecule has 1 heterocycles. The second-order valence-corrected chi connectivity index (χ2v) is 9.63. The van der Waals surface area contributed by atoms with Gasteiger partial charge in [-0.25, -0.2) is 8.42 Å². The van der Waals surface area contributed by atoms with E-state index < -0.39 is 21.8 Å². The summed E-state index contributed by atoms with van der Waals surface area (Å²) in [4.78, 5) is 24.6. The Morgan fingerprint density at radius 1 is 1.09 bits per heavy atom. The highest BCUT2D eigenvalue weighted by Crippen LogP contribution is 2.27. The third kappa shape index (κ3) is 5.52. The number of nitriles is 1. The molecule has 0 unspecified atom stereocenters. The summed E-state index contributed by atoms with van der Waals surface area (Å²) in [6.07, 6.45) is 2.79. The van der Waals surface area contributed by atoms with E-state index in [1.165, 1.54) is 4.31 Å². The van der Waals surface area contributed by atoms with Crippen LogP contribution in [0.4, 0.5) is 5.69 Å². The van der Waals surface area contributed by atoms with Gasteiger partial charge in [0.1, 0.15) is 6.07 Å². The number of rotatable bonds is 6. The van der Waals surface area contributed by atoms with Crippen LogP contribution in [-0.2, 0) is 19.6 Å². The van der Waals surface area contributed by atoms with Crippen molar-refractivity contribution >= 4 is 27.5 Å². The Bertz CT molecular complexity index is 1120. The Kier molecular flexibility index (Phi) is 7.62. The van der Waals surface area contributed by atoms with Gasteiger partial charge in [0.25, 0.3) is 0 Å². The molecule has 1 fully saturated rings. The van der Waals surface area contributed by atoms with Crippen LogP contribution in [0, 0.1) is 18.3 Å². The molecule has 0 radical (unpaired) electrons. The van der Waals surface area contributed by atoms with Gasteiger partial charge in [0.15, 0.2) is 0 Å². The molecule has 2 aromatic rings. The summed E-state index contributed by atoms with van der Waals surface area (Å²) in [6.45, 7) is 2.49. The molecule has 0 spiro atoms. The minimum absolute atomic E-state index is 0.163. The van der Waals surface area contributed by atoms with Crippen LogP contribution in [-0.4, -0.2) is 43.7 Å². The molecule has 2 amide bonds. The van der Waals surface area contributed by atoms with Gasteiger partial charge in [-0.2, -0.15) is 9.57 Å². The molecule has 32 heavy (non-hydrogen) atoms. The summed E-state index contributed by atoms with van der Waals surface area (Å²) >= 11 is 0. The molecule has 2 aromatic carbocycles. The Labute approximate surface area is 188 Å². The summed E-state index contributed by atoms with van der Waals surface area (Å²) in [5, 5.41) is 14.1. The Balaban J connectivity index is 1.59. The minimum Gasteiger partial charge on any atom is -0.348 e. The number of para-hydroxylation sites is 1. The second-order valence-electron chi connectivity index (χ2n) is 7.73. The van der Waals surface area contributed by atoms with Crippen molar-refractivity contribution < 1.29 is 18.0 Å². The van der Waals surface area contributed by atoms with E-state index >= 15 is 0 Å². The fourth-order valence-electron chi connectivity index (χ4n) is 3.73. The van der Waals surface area contributed by atoms with Crippen LogP contribution in [0.15, 0.2) is 53.4 Å². The van der Waals surface area contributed by atoms with E-state index in [2.05, 4.69) is 10.6 Å². The zero-order valence-electron chi connectivity index (χ0n) is 17.9. The molecule has 3 rings (SSSR count). The van der Waals surface area contributed by atoms with Crippen LogP contribution in [0.3, 0.4) is 0 Å². The largest absolute Gasteiger partial charge is 0.348 e. The average Bonchev–Trinajstić information content (AvgIpc) is 2.80. The quantitative estimate of drug-likeness (QED) is 0.650. The van der Waals surface area contributed by atoms with Gasteiger partial charge in [0.05, 0.1) is 16.1 Å². The van der Waals surface area contributed by atoms with Crippen molar-refractivity contribution in [1.82, 2.24) is 9.62 Å². The van der Waals surface area contributed by atoms with Crippen LogP contribution >= 0.6 is 0 Å². The molecular formula is C23H26N4O4S. The molecule has 0 bridgehead atoms. The maximum atomic E-state index is 13.1. The number of amides is 2. The molecule has 8 nitrogen and oxygen atoms in total. The maximum Gasteiger partial charge on any atom is 0.313 e. The summed E-state index contributed by atoms with van der Waals surface area (Å²) in [7, 11) is -3.63. The lowest BCUT2D eigenvalue weighted by Gasteiger charge is -2.34. The highest BCUT2D eigenvalue weighted by atomic mass is 32.2. The summed E-state index contributed by atoms with van der Waals surface area (Å²) < 4.78 is 27.8. The smallest absolute Gasteiger partial charge is 0.313 e. The molecule has 9 heteroatoms. The monoisotopic (exact) mass is 454 g/mol. The van der Waals surface area contributed by atoms with E-state index in [0.717, 1.165) is 18.4 Å². The summed E-state index contributed by atoms with van der Waals surface area (Å²) in [5.74, 6) is -1.71. The normalized spacial score (nSPS) is 16.7. The van der Waals surface area contributed by atoms with Gasteiger partial charge in [-0.15, -0.1) is 0 Å². The third-order valence-corrected chi connectivity index (χ3v) is 7.43. The van der Waals surface area contributed by atoms with E-state index in [0.29, 0.717) is 19.4 Å². The molecule has 1 aliphatic rings. The fourth-order valence-corrected chi connectivity index (χ4v) is 5.45. The number of carbonyl (C=O) groups is 2. The lowest BCUT2D eigenvalue weighted by Crippen LogP contribution is -2.45.